The van der Waals surface area contributed by atoms with E-state index in [4.69, 9.17) is 0 Å². The fourth-order valence-corrected chi connectivity index (χ4v) is 2.53. The average molecular weight is 322 g/mol. The molecule has 3 rings (SSSR count). The van der Waals surface area contributed by atoms with Crippen molar-refractivity contribution in [3.05, 3.63) is 71.2 Å². The van der Waals surface area contributed by atoms with Crippen LogP contribution in [0.25, 0.3) is 0 Å². The second-order valence-electron chi connectivity index (χ2n) is 5.75. The number of aromatic nitrogens is 2. The van der Waals surface area contributed by atoms with Crippen molar-refractivity contribution in [1.82, 2.24) is 9.97 Å². The van der Waals surface area contributed by atoms with Crippen molar-refractivity contribution in [1.29, 1.82) is 0 Å². The summed E-state index contributed by atoms with van der Waals surface area (Å²) in [6, 6.07) is 14.2. The Balaban J connectivity index is 1.89. The molecule has 0 saturated heterocycles. The van der Waals surface area contributed by atoms with Crippen molar-refractivity contribution >= 4 is 23.1 Å². The third-order valence-corrected chi connectivity index (χ3v) is 3.67. The summed E-state index contributed by atoms with van der Waals surface area (Å²) in [7, 11) is 0. The quantitative estimate of drug-likeness (QED) is 0.707. The van der Waals surface area contributed by atoms with Crippen molar-refractivity contribution in [2.45, 2.75) is 20.8 Å². The summed E-state index contributed by atoms with van der Waals surface area (Å²) in [5.74, 6) is 0.827. The van der Waals surface area contributed by atoms with Gasteiger partial charge in [0.05, 0.1) is 0 Å². The van der Waals surface area contributed by atoms with E-state index in [-0.39, 0.29) is 5.82 Å². The minimum Gasteiger partial charge on any atom is -0.340 e. The maximum absolute atomic E-state index is 13.3. The average Bonchev–Trinajstić information content (AvgIpc) is 2.50. The monoisotopic (exact) mass is 322 g/mol. The molecule has 2 N–H and O–H groups in total. The van der Waals surface area contributed by atoms with Crippen LogP contribution in [0, 0.1) is 26.6 Å². The topological polar surface area (TPSA) is 49.8 Å². The van der Waals surface area contributed by atoms with Crippen LogP contribution in [0.2, 0.25) is 0 Å². The lowest BCUT2D eigenvalue weighted by Gasteiger charge is -2.13. The summed E-state index contributed by atoms with van der Waals surface area (Å²) in [6.07, 6.45) is 0. The summed E-state index contributed by atoms with van der Waals surface area (Å²) in [5, 5.41) is 6.39. The molecular formula is C19H19FN4. The number of hydrogen-bond acceptors (Lipinski definition) is 4. The maximum Gasteiger partial charge on any atom is 0.229 e. The largest absolute Gasteiger partial charge is 0.340 e. The molecule has 4 nitrogen and oxygen atoms in total. The molecular weight excluding hydrogens is 303 g/mol. The van der Waals surface area contributed by atoms with Gasteiger partial charge in [-0.1, -0.05) is 24.3 Å². The van der Waals surface area contributed by atoms with Crippen LogP contribution in [0.3, 0.4) is 0 Å². The highest BCUT2D eigenvalue weighted by atomic mass is 19.1. The molecule has 5 heteroatoms. The molecule has 0 spiro atoms. The number of halogens is 1. The van der Waals surface area contributed by atoms with Crippen molar-refractivity contribution < 1.29 is 4.39 Å². The van der Waals surface area contributed by atoms with Gasteiger partial charge in [0.15, 0.2) is 0 Å². The van der Waals surface area contributed by atoms with Crippen LogP contribution >= 0.6 is 0 Å². The summed E-state index contributed by atoms with van der Waals surface area (Å²) < 4.78 is 13.3. The molecule has 0 saturated carbocycles. The Morgan fingerprint density at radius 2 is 1.54 bits per heavy atom. The van der Waals surface area contributed by atoms with Crippen molar-refractivity contribution in [2.75, 3.05) is 10.6 Å². The number of nitrogens with one attached hydrogen (secondary N) is 2. The molecule has 1 heterocycles. The normalized spacial score (nSPS) is 10.5. The number of rotatable bonds is 4. The van der Waals surface area contributed by atoms with E-state index in [1.807, 2.05) is 45.0 Å². The van der Waals surface area contributed by atoms with Crippen LogP contribution in [-0.2, 0) is 0 Å². The SMILES string of the molecule is Cc1cc(Nc2cccc(F)c2)nc(Nc2c(C)cccc2C)n1. The molecule has 0 aliphatic rings. The highest BCUT2D eigenvalue weighted by Crippen LogP contribution is 2.24. The van der Waals surface area contributed by atoms with E-state index in [1.165, 1.54) is 12.1 Å². The molecule has 0 aliphatic carbocycles. The molecule has 0 unspecified atom stereocenters. The number of para-hydroxylation sites is 1. The highest BCUT2D eigenvalue weighted by molar-refractivity contribution is 5.64. The van der Waals surface area contributed by atoms with Gasteiger partial charge in [-0.05, 0) is 50.1 Å². The molecule has 0 bridgehead atoms. The number of aryl methyl sites for hydroxylation is 3. The highest BCUT2D eigenvalue weighted by Gasteiger charge is 2.07. The van der Waals surface area contributed by atoms with Gasteiger partial charge in [0.2, 0.25) is 5.95 Å². The predicted octanol–water partition coefficient (Wildman–Crippen LogP) is 5.03. The molecule has 0 radical (unpaired) electrons. The Morgan fingerprint density at radius 3 is 2.25 bits per heavy atom. The fourth-order valence-electron chi connectivity index (χ4n) is 2.53. The summed E-state index contributed by atoms with van der Waals surface area (Å²) in [6.45, 7) is 5.97. The first kappa shape index (κ1) is 15.9. The van der Waals surface area contributed by atoms with Gasteiger partial charge in [0, 0.05) is 23.1 Å². The van der Waals surface area contributed by atoms with Crippen LogP contribution < -0.4 is 10.6 Å². The van der Waals surface area contributed by atoms with Gasteiger partial charge < -0.3 is 10.6 Å². The molecule has 1 aromatic heterocycles. The zero-order valence-corrected chi connectivity index (χ0v) is 13.9. The first-order valence-corrected chi connectivity index (χ1v) is 7.73. The van der Waals surface area contributed by atoms with Crippen molar-refractivity contribution in [2.24, 2.45) is 0 Å². The van der Waals surface area contributed by atoms with Crippen LogP contribution in [0.5, 0.6) is 0 Å². The first-order chi connectivity index (χ1) is 11.5. The molecule has 0 atom stereocenters. The van der Waals surface area contributed by atoms with Gasteiger partial charge in [0.25, 0.3) is 0 Å². The smallest absolute Gasteiger partial charge is 0.229 e. The van der Waals surface area contributed by atoms with Gasteiger partial charge in [-0.2, -0.15) is 4.98 Å². The Bertz CT molecular complexity index is 857. The first-order valence-electron chi connectivity index (χ1n) is 7.73. The lowest BCUT2D eigenvalue weighted by molar-refractivity contribution is 0.628. The molecule has 24 heavy (non-hydrogen) atoms. The van der Waals surface area contributed by atoms with E-state index in [9.17, 15) is 4.39 Å². The van der Waals surface area contributed by atoms with Crippen LogP contribution in [0.1, 0.15) is 16.8 Å². The molecule has 122 valence electrons. The number of hydrogen-bond donors (Lipinski definition) is 2. The van der Waals surface area contributed by atoms with E-state index in [2.05, 4.69) is 20.6 Å². The summed E-state index contributed by atoms with van der Waals surface area (Å²) in [4.78, 5) is 8.91. The molecule has 0 aliphatic heterocycles. The van der Waals surface area contributed by atoms with E-state index >= 15 is 0 Å². The van der Waals surface area contributed by atoms with Gasteiger partial charge in [-0.3, -0.25) is 0 Å². The minimum atomic E-state index is -0.292. The van der Waals surface area contributed by atoms with Gasteiger partial charge >= 0.3 is 0 Å². The van der Waals surface area contributed by atoms with E-state index in [0.29, 0.717) is 17.5 Å². The molecule has 2 aromatic carbocycles. The Hall–Kier alpha value is -2.95. The van der Waals surface area contributed by atoms with Crippen LogP contribution in [-0.4, -0.2) is 9.97 Å². The Kier molecular flexibility index (Phi) is 4.42. The lowest BCUT2D eigenvalue weighted by Crippen LogP contribution is -2.04. The number of anilines is 4. The molecule has 0 fully saturated rings. The van der Waals surface area contributed by atoms with E-state index in [1.54, 1.807) is 12.1 Å². The minimum absolute atomic E-state index is 0.292. The zero-order valence-electron chi connectivity index (χ0n) is 13.9. The van der Waals surface area contributed by atoms with Gasteiger partial charge in [0.1, 0.15) is 11.6 Å². The number of nitrogens with zero attached hydrogens (tertiary/aromatic N) is 2. The van der Waals surface area contributed by atoms with E-state index in [0.717, 1.165) is 22.5 Å². The second-order valence-corrected chi connectivity index (χ2v) is 5.75. The number of benzene rings is 2. The zero-order chi connectivity index (χ0) is 17.1. The van der Waals surface area contributed by atoms with Gasteiger partial charge in [-0.15, -0.1) is 0 Å². The third-order valence-electron chi connectivity index (χ3n) is 3.67. The summed E-state index contributed by atoms with van der Waals surface area (Å²) >= 11 is 0. The van der Waals surface area contributed by atoms with Gasteiger partial charge in [-0.25, -0.2) is 9.37 Å². The van der Waals surface area contributed by atoms with E-state index < -0.39 is 0 Å². The summed E-state index contributed by atoms with van der Waals surface area (Å²) in [5.41, 5.74) is 4.71. The fraction of sp³-hybridized carbons (Fsp3) is 0.158. The standard InChI is InChI=1S/C19H19FN4/c1-12-6-4-7-13(2)18(12)24-19-21-14(3)10-17(23-19)22-16-9-5-8-15(20)11-16/h4-11H,1-3H3,(H2,21,22,23,24). The predicted molar refractivity (Wildman–Crippen MR) is 95.7 cm³/mol. The maximum atomic E-state index is 13.3. The van der Waals surface area contributed by atoms with Crippen molar-refractivity contribution in [3.8, 4) is 0 Å². The Morgan fingerprint density at radius 1 is 0.833 bits per heavy atom. The van der Waals surface area contributed by atoms with Crippen LogP contribution in [0.4, 0.5) is 27.5 Å². The second kappa shape index (κ2) is 6.66. The lowest BCUT2D eigenvalue weighted by atomic mass is 10.1. The van der Waals surface area contributed by atoms with Crippen molar-refractivity contribution in [3.63, 3.8) is 0 Å². The van der Waals surface area contributed by atoms with Crippen LogP contribution in [0.15, 0.2) is 48.5 Å². The third kappa shape index (κ3) is 3.68. The molecule has 3 aromatic rings. The Labute approximate surface area is 140 Å². The molecule has 0 amide bonds.